The molecule has 22 heavy (non-hydrogen) atoms. The van der Waals surface area contributed by atoms with Gasteiger partial charge in [-0.05, 0) is 18.6 Å². The summed E-state index contributed by atoms with van der Waals surface area (Å²) in [5, 5.41) is 8.24. The van der Waals surface area contributed by atoms with Gasteiger partial charge in [-0.25, -0.2) is 8.42 Å². The number of aromatic nitrogens is 3. The predicted molar refractivity (Wildman–Crippen MR) is 78.8 cm³/mol. The van der Waals surface area contributed by atoms with Gasteiger partial charge in [-0.3, -0.25) is 0 Å². The predicted octanol–water partition coefficient (Wildman–Crippen LogP) is 1.22. The standard InChI is InChI=1S/C14H17N3O4S/c1-20-12-8-10(22(2,18)19)5-6-11(12)21-9-14-16-15-13-4-3-7-17(13)14/h5-6,8H,3-4,7,9H2,1-2H3. The van der Waals surface area contributed by atoms with Crippen LogP contribution in [0.1, 0.15) is 18.1 Å². The summed E-state index contributed by atoms with van der Waals surface area (Å²) in [6.07, 6.45) is 3.17. The molecule has 0 atom stereocenters. The van der Waals surface area contributed by atoms with Crippen LogP contribution in [0.4, 0.5) is 0 Å². The minimum atomic E-state index is -3.28. The molecule has 0 fully saturated rings. The fourth-order valence-electron chi connectivity index (χ4n) is 2.46. The Balaban J connectivity index is 1.80. The van der Waals surface area contributed by atoms with E-state index < -0.39 is 9.84 Å². The molecule has 1 aromatic heterocycles. The lowest BCUT2D eigenvalue weighted by atomic mass is 10.3. The molecule has 1 aromatic carbocycles. The van der Waals surface area contributed by atoms with Crippen LogP contribution in [0, 0.1) is 0 Å². The van der Waals surface area contributed by atoms with E-state index in [9.17, 15) is 8.42 Å². The number of benzene rings is 1. The molecule has 0 radical (unpaired) electrons. The molecule has 0 spiro atoms. The second-order valence-corrected chi connectivity index (χ2v) is 7.18. The quantitative estimate of drug-likeness (QED) is 0.822. The molecular formula is C14H17N3O4S. The summed E-state index contributed by atoms with van der Waals surface area (Å²) in [5.41, 5.74) is 0. The third-order valence-corrected chi connectivity index (χ3v) is 4.72. The van der Waals surface area contributed by atoms with E-state index in [1.165, 1.54) is 19.2 Å². The molecule has 0 N–H and O–H groups in total. The van der Waals surface area contributed by atoms with E-state index in [0.29, 0.717) is 11.5 Å². The van der Waals surface area contributed by atoms with Crippen molar-refractivity contribution in [1.29, 1.82) is 0 Å². The average molecular weight is 323 g/mol. The summed E-state index contributed by atoms with van der Waals surface area (Å²) in [4.78, 5) is 0.195. The van der Waals surface area contributed by atoms with Crippen LogP contribution in [0.15, 0.2) is 23.1 Å². The molecule has 118 valence electrons. The Bertz CT molecular complexity index is 798. The van der Waals surface area contributed by atoms with Gasteiger partial charge in [0.2, 0.25) is 0 Å². The molecule has 1 aliphatic heterocycles. The van der Waals surface area contributed by atoms with Crippen molar-refractivity contribution in [2.45, 2.75) is 30.9 Å². The van der Waals surface area contributed by atoms with Gasteiger partial charge >= 0.3 is 0 Å². The zero-order valence-electron chi connectivity index (χ0n) is 12.4. The van der Waals surface area contributed by atoms with Crippen molar-refractivity contribution in [2.24, 2.45) is 0 Å². The summed E-state index contributed by atoms with van der Waals surface area (Å²) >= 11 is 0. The van der Waals surface area contributed by atoms with Crippen LogP contribution in [0.3, 0.4) is 0 Å². The summed E-state index contributed by atoms with van der Waals surface area (Å²) in [7, 11) is -1.81. The van der Waals surface area contributed by atoms with Crippen LogP contribution in [0.5, 0.6) is 11.5 Å². The number of sulfone groups is 1. The van der Waals surface area contributed by atoms with Gasteiger partial charge in [0.15, 0.2) is 27.2 Å². The molecular weight excluding hydrogens is 306 g/mol. The Kier molecular flexibility index (Phi) is 3.78. The fourth-order valence-corrected chi connectivity index (χ4v) is 3.09. The van der Waals surface area contributed by atoms with Crippen LogP contribution in [0.25, 0.3) is 0 Å². The smallest absolute Gasteiger partial charge is 0.175 e. The lowest BCUT2D eigenvalue weighted by Crippen LogP contribution is -2.06. The normalized spacial score (nSPS) is 13.9. The van der Waals surface area contributed by atoms with Gasteiger partial charge in [-0.1, -0.05) is 0 Å². The second-order valence-electron chi connectivity index (χ2n) is 5.16. The third kappa shape index (κ3) is 2.78. The number of hydrogen-bond donors (Lipinski definition) is 0. The second kappa shape index (κ2) is 5.60. The van der Waals surface area contributed by atoms with Crippen molar-refractivity contribution in [3.63, 3.8) is 0 Å². The van der Waals surface area contributed by atoms with E-state index in [1.54, 1.807) is 6.07 Å². The maximum Gasteiger partial charge on any atom is 0.175 e. The molecule has 1 aliphatic rings. The SMILES string of the molecule is COc1cc(S(C)(=O)=O)ccc1OCc1nnc2n1CCC2. The summed E-state index contributed by atoms with van der Waals surface area (Å²) in [6, 6.07) is 4.55. The van der Waals surface area contributed by atoms with Crippen molar-refractivity contribution < 1.29 is 17.9 Å². The van der Waals surface area contributed by atoms with Crippen LogP contribution in [-0.4, -0.2) is 36.5 Å². The zero-order valence-corrected chi connectivity index (χ0v) is 13.3. The first-order chi connectivity index (χ1) is 10.5. The topological polar surface area (TPSA) is 83.3 Å². The van der Waals surface area contributed by atoms with Crippen LogP contribution in [0.2, 0.25) is 0 Å². The minimum absolute atomic E-state index is 0.195. The van der Waals surface area contributed by atoms with Crippen molar-refractivity contribution in [2.75, 3.05) is 13.4 Å². The number of fused-ring (bicyclic) bond motifs is 1. The van der Waals surface area contributed by atoms with Crippen molar-refractivity contribution >= 4 is 9.84 Å². The number of ether oxygens (including phenoxy) is 2. The Morgan fingerprint density at radius 1 is 1.27 bits per heavy atom. The molecule has 0 aliphatic carbocycles. The first-order valence-corrected chi connectivity index (χ1v) is 8.80. The summed E-state index contributed by atoms with van der Waals surface area (Å²) in [5.74, 6) is 2.61. The van der Waals surface area contributed by atoms with Crippen molar-refractivity contribution in [3.8, 4) is 11.5 Å². The molecule has 0 amide bonds. The van der Waals surface area contributed by atoms with E-state index in [2.05, 4.69) is 14.8 Å². The fraction of sp³-hybridized carbons (Fsp3) is 0.429. The molecule has 0 bridgehead atoms. The lowest BCUT2D eigenvalue weighted by Gasteiger charge is -2.11. The molecule has 0 saturated heterocycles. The van der Waals surface area contributed by atoms with Crippen LogP contribution in [-0.2, 0) is 29.4 Å². The van der Waals surface area contributed by atoms with Gasteiger partial charge in [-0.15, -0.1) is 10.2 Å². The Labute approximate surface area is 128 Å². The zero-order chi connectivity index (χ0) is 15.7. The maximum atomic E-state index is 11.6. The van der Waals surface area contributed by atoms with Gasteiger partial charge in [0.05, 0.1) is 12.0 Å². The average Bonchev–Trinajstić information content (AvgIpc) is 3.07. The molecule has 2 aromatic rings. The van der Waals surface area contributed by atoms with Gasteiger partial charge in [0.1, 0.15) is 12.4 Å². The van der Waals surface area contributed by atoms with E-state index in [-0.39, 0.29) is 11.5 Å². The van der Waals surface area contributed by atoms with Gasteiger partial charge < -0.3 is 14.0 Å². The van der Waals surface area contributed by atoms with Crippen molar-refractivity contribution in [3.05, 3.63) is 29.8 Å². The van der Waals surface area contributed by atoms with Crippen LogP contribution < -0.4 is 9.47 Å². The highest BCUT2D eigenvalue weighted by atomic mass is 32.2. The van der Waals surface area contributed by atoms with E-state index in [4.69, 9.17) is 9.47 Å². The highest BCUT2D eigenvalue weighted by Crippen LogP contribution is 2.30. The number of aryl methyl sites for hydroxylation is 1. The van der Waals surface area contributed by atoms with Gasteiger partial charge in [0.25, 0.3) is 0 Å². The molecule has 3 rings (SSSR count). The van der Waals surface area contributed by atoms with Gasteiger partial charge in [0, 0.05) is 25.3 Å². The Morgan fingerprint density at radius 2 is 2.09 bits per heavy atom. The Hall–Kier alpha value is -2.09. The monoisotopic (exact) mass is 323 g/mol. The molecule has 8 heteroatoms. The van der Waals surface area contributed by atoms with Gasteiger partial charge in [-0.2, -0.15) is 0 Å². The molecule has 7 nitrogen and oxygen atoms in total. The summed E-state index contributed by atoms with van der Waals surface area (Å²) < 4.78 is 36.1. The number of rotatable bonds is 5. The molecule has 0 saturated carbocycles. The lowest BCUT2D eigenvalue weighted by molar-refractivity contribution is 0.271. The largest absolute Gasteiger partial charge is 0.493 e. The number of methoxy groups -OCH3 is 1. The molecule has 2 heterocycles. The number of nitrogens with zero attached hydrogens (tertiary/aromatic N) is 3. The first-order valence-electron chi connectivity index (χ1n) is 6.91. The van der Waals surface area contributed by atoms with E-state index in [0.717, 1.165) is 37.3 Å². The summed E-state index contributed by atoms with van der Waals surface area (Å²) in [6.45, 7) is 1.17. The van der Waals surface area contributed by atoms with E-state index in [1.807, 2.05) is 0 Å². The first kappa shape index (κ1) is 14.8. The van der Waals surface area contributed by atoms with E-state index >= 15 is 0 Å². The van der Waals surface area contributed by atoms with Crippen LogP contribution >= 0.6 is 0 Å². The number of hydrogen-bond acceptors (Lipinski definition) is 6. The highest BCUT2D eigenvalue weighted by molar-refractivity contribution is 7.90. The maximum absolute atomic E-state index is 11.6. The Morgan fingerprint density at radius 3 is 2.82 bits per heavy atom. The third-order valence-electron chi connectivity index (χ3n) is 3.61. The minimum Gasteiger partial charge on any atom is -0.493 e. The molecule has 0 unspecified atom stereocenters. The highest BCUT2D eigenvalue weighted by Gasteiger charge is 2.18. The van der Waals surface area contributed by atoms with Crippen molar-refractivity contribution in [1.82, 2.24) is 14.8 Å².